The molecule has 2 rings (SSSR count). The molecule has 21 heavy (non-hydrogen) atoms. The SMILES string of the molecule is CC(Nc1c(F)cccc1C(=O)O)C(=O)N1CCCCC1. The Morgan fingerprint density at radius 2 is 1.95 bits per heavy atom. The number of amides is 1. The summed E-state index contributed by atoms with van der Waals surface area (Å²) >= 11 is 0. The van der Waals surface area contributed by atoms with Crippen LogP contribution in [0, 0.1) is 5.82 Å². The number of aromatic carboxylic acids is 1. The van der Waals surface area contributed by atoms with Crippen molar-refractivity contribution in [2.75, 3.05) is 18.4 Å². The minimum absolute atomic E-state index is 0.130. The van der Waals surface area contributed by atoms with Crippen molar-refractivity contribution in [3.63, 3.8) is 0 Å². The van der Waals surface area contributed by atoms with E-state index in [1.165, 1.54) is 18.2 Å². The average molecular weight is 294 g/mol. The Hall–Kier alpha value is -2.11. The number of nitrogens with one attached hydrogen (secondary N) is 1. The molecule has 0 bridgehead atoms. The van der Waals surface area contributed by atoms with E-state index in [0.717, 1.165) is 19.3 Å². The van der Waals surface area contributed by atoms with E-state index in [0.29, 0.717) is 13.1 Å². The van der Waals surface area contributed by atoms with E-state index in [2.05, 4.69) is 5.32 Å². The Bertz CT molecular complexity index is 542. The number of hydrogen-bond acceptors (Lipinski definition) is 3. The number of nitrogens with zero attached hydrogens (tertiary/aromatic N) is 1. The summed E-state index contributed by atoms with van der Waals surface area (Å²) in [5.41, 5.74) is -0.309. The lowest BCUT2D eigenvalue weighted by Crippen LogP contribution is -2.44. The van der Waals surface area contributed by atoms with Gasteiger partial charge in [-0.3, -0.25) is 4.79 Å². The van der Waals surface area contributed by atoms with Gasteiger partial charge in [0.1, 0.15) is 11.9 Å². The van der Waals surface area contributed by atoms with E-state index < -0.39 is 17.8 Å². The Balaban J connectivity index is 2.13. The van der Waals surface area contributed by atoms with Gasteiger partial charge in [-0.1, -0.05) is 6.07 Å². The number of hydrogen-bond donors (Lipinski definition) is 2. The molecule has 114 valence electrons. The van der Waals surface area contributed by atoms with Crippen molar-refractivity contribution >= 4 is 17.6 Å². The summed E-state index contributed by atoms with van der Waals surface area (Å²) < 4.78 is 13.8. The third kappa shape index (κ3) is 3.51. The van der Waals surface area contributed by atoms with Crippen molar-refractivity contribution < 1.29 is 19.1 Å². The molecule has 1 heterocycles. The number of rotatable bonds is 4. The lowest BCUT2D eigenvalue weighted by atomic mass is 10.1. The van der Waals surface area contributed by atoms with Crippen molar-refractivity contribution in [1.29, 1.82) is 0 Å². The number of anilines is 1. The summed E-state index contributed by atoms with van der Waals surface area (Å²) in [5.74, 6) is -2.03. The monoisotopic (exact) mass is 294 g/mol. The molecule has 5 nitrogen and oxygen atoms in total. The van der Waals surface area contributed by atoms with Gasteiger partial charge in [0.15, 0.2) is 0 Å². The fraction of sp³-hybridized carbons (Fsp3) is 0.467. The van der Waals surface area contributed by atoms with E-state index in [-0.39, 0.29) is 17.2 Å². The van der Waals surface area contributed by atoms with Gasteiger partial charge in [0.05, 0.1) is 11.3 Å². The first-order valence-electron chi connectivity index (χ1n) is 7.08. The summed E-state index contributed by atoms with van der Waals surface area (Å²) in [6.07, 6.45) is 3.05. The molecule has 0 aromatic heterocycles. The van der Waals surface area contributed by atoms with E-state index >= 15 is 0 Å². The molecule has 2 N–H and O–H groups in total. The van der Waals surface area contributed by atoms with Gasteiger partial charge in [0, 0.05) is 13.1 Å². The fourth-order valence-corrected chi connectivity index (χ4v) is 2.52. The predicted molar refractivity (Wildman–Crippen MR) is 76.9 cm³/mol. The van der Waals surface area contributed by atoms with Crippen LogP contribution in [-0.4, -0.2) is 41.0 Å². The molecule has 1 saturated heterocycles. The van der Waals surface area contributed by atoms with Crippen molar-refractivity contribution in [2.24, 2.45) is 0 Å². The average Bonchev–Trinajstić information content (AvgIpc) is 2.49. The lowest BCUT2D eigenvalue weighted by molar-refractivity contribution is -0.132. The van der Waals surface area contributed by atoms with Gasteiger partial charge in [-0.05, 0) is 38.3 Å². The summed E-state index contributed by atoms with van der Waals surface area (Å²) in [6, 6.07) is 3.15. The third-order valence-electron chi connectivity index (χ3n) is 3.64. The quantitative estimate of drug-likeness (QED) is 0.894. The Kier molecular flexibility index (Phi) is 4.77. The molecule has 1 atom stereocenters. The smallest absolute Gasteiger partial charge is 0.337 e. The van der Waals surface area contributed by atoms with Crippen molar-refractivity contribution in [1.82, 2.24) is 4.90 Å². The number of halogens is 1. The van der Waals surface area contributed by atoms with E-state index in [1.807, 2.05) is 0 Å². The van der Waals surface area contributed by atoms with Gasteiger partial charge in [-0.2, -0.15) is 0 Å². The molecule has 1 aromatic rings. The normalized spacial score (nSPS) is 16.4. The molecule has 1 aliphatic heterocycles. The number of carboxylic acid groups (broad SMARTS) is 1. The number of carboxylic acids is 1. The molecule has 0 aliphatic carbocycles. The second kappa shape index (κ2) is 6.56. The highest BCUT2D eigenvalue weighted by Crippen LogP contribution is 2.21. The predicted octanol–water partition coefficient (Wildman–Crippen LogP) is 2.34. The largest absolute Gasteiger partial charge is 0.478 e. The maximum Gasteiger partial charge on any atom is 0.337 e. The van der Waals surface area contributed by atoms with Crippen molar-refractivity contribution in [3.8, 4) is 0 Å². The topological polar surface area (TPSA) is 69.6 Å². The number of piperidine rings is 1. The summed E-state index contributed by atoms with van der Waals surface area (Å²) in [7, 11) is 0. The molecule has 1 aromatic carbocycles. The Labute approximate surface area is 122 Å². The van der Waals surface area contributed by atoms with Crippen molar-refractivity contribution in [3.05, 3.63) is 29.6 Å². The van der Waals surface area contributed by atoms with Crippen LogP contribution in [0.1, 0.15) is 36.5 Å². The van der Waals surface area contributed by atoms with Crippen LogP contribution in [0.25, 0.3) is 0 Å². The fourth-order valence-electron chi connectivity index (χ4n) is 2.52. The molecular weight excluding hydrogens is 275 g/mol. The molecule has 0 radical (unpaired) electrons. The van der Waals surface area contributed by atoms with Gasteiger partial charge >= 0.3 is 5.97 Å². The summed E-state index contributed by atoms with van der Waals surface area (Å²) in [5, 5.41) is 11.8. The number of likely N-dealkylation sites (tertiary alicyclic amines) is 1. The van der Waals surface area contributed by atoms with Crippen LogP contribution in [0.4, 0.5) is 10.1 Å². The number of carbonyl (C=O) groups excluding carboxylic acids is 1. The molecule has 1 fully saturated rings. The first-order valence-corrected chi connectivity index (χ1v) is 7.08. The standard InChI is InChI=1S/C15H19FN2O3/c1-10(14(19)18-8-3-2-4-9-18)17-13-11(15(20)21)6-5-7-12(13)16/h5-7,10,17H,2-4,8-9H2,1H3,(H,20,21). The Morgan fingerprint density at radius 3 is 2.57 bits per heavy atom. The van der Waals surface area contributed by atoms with Crippen LogP contribution < -0.4 is 5.32 Å². The van der Waals surface area contributed by atoms with E-state index in [9.17, 15) is 14.0 Å². The van der Waals surface area contributed by atoms with Crippen LogP contribution >= 0.6 is 0 Å². The van der Waals surface area contributed by atoms with Gasteiger partial charge < -0.3 is 15.3 Å². The van der Waals surface area contributed by atoms with Crippen LogP contribution in [0.2, 0.25) is 0 Å². The zero-order valence-electron chi connectivity index (χ0n) is 11.9. The van der Waals surface area contributed by atoms with E-state index in [4.69, 9.17) is 5.11 Å². The zero-order chi connectivity index (χ0) is 15.4. The minimum Gasteiger partial charge on any atom is -0.478 e. The maximum absolute atomic E-state index is 13.8. The van der Waals surface area contributed by atoms with Crippen LogP contribution in [0.5, 0.6) is 0 Å². The number of carbonyl (C=O) groups is 2. The van der Waals surface area contributed by atoms with Crippen LogP contribution in [-0.2, 0) is 4.79 Å². The maximum atomic E-state index is 13.8. The third-order valence-corrected chi connectivity index (χ3v) is 3.64. The van der Waals surface area contributed by atoms with Gasteiger partial charge in [-0.25, -0.2) is 9.18 Å². The molecule has 1 unspecified atom stereocenters. The molecule has 1 aliphatic rings. The molecule has 0 spiro atoms. The summed E-state index contributed by atoms with van der Waals surface area (Å²) in [4.78, 5) is 25.2. The first-order chi connectivity index (χ1) is 10.0. The van der Waals surface area contributed by atoms with E-state index in [1.54, 1.807) is 11.8 Å². The Morgan fingerprint density at radius 1 is 1.29 bits per heavy atom. The van der Waals surface area contributed by atoms with Gasteiger partial charge in [0.2, 0.25) is 5.91 Å². The minimum atomic E-state index is -1.23. The second-order valence-corrected chi connectivity index (χ2v) is 5.22. The molecule has 6 heteroatoms. The molecular formula is C15H19FN2O3. The lowest BCUT2D eigenvalue weighted by Gasteiger charge is -2.30. The highest BCUT2D eigenvalue weighted by atomic mass is 19.1. The number of para-hydroxylation sites is 1. The molecule has 1 amide bonds. The van der Waals surface area contributed by atoms with Gasteiger partial charge in [-0.15, -0.1) is 0 Å². The van der Waals surface area contributed by atoms with Gasteiger partial charge in [0.25, 0.3) is 0 Å². The van der Waals surface area contributed by atoms with Crippen molar-refractivity contribution in [2.45, 2.75) is 32.2 Å². The number of benzene rings is 1. The second-order valence-electron chi connectivity index (χ2n) is 5.22. The highest BCUT2D eigenvalue weighted by Gasteiger charge is 2.24. The highest BCUT2D eigenvalue weighted by molar-refractivity contribution is 5.95. The summed E-state index contributed by atoms with van der Waals surface area (Å²) in [6.45, 7) is 3.02. The van der Waals surface area contributed by atoms with Crippen LogP contribution in [0.15, 0.2) is 18.2 Å². The first kappa shape index (κ1) is 15.3. The zero-order valence-corrected chi connectivity index (χ0v) is 11.9. The van der Waals surface area contributed by atoms with Crippen LogP contribution in [0.3, 0.4) is 0 Å². The molecule has 0 saturated carbocycles.